The van der Waals surface area contributed by atoms with Crippen LogP contribution in [0.15, 0.2) is 59.8 Å². The van der Waals surface area contributed by atoms with Crippen molar-refractivity contribution in [1.82, 2.24) is 9.66 Å². The van der Waals surface area contributed by atoms with Crippen molar-refractivity contribution < 1.29 is 4.74 Å². The van der Waals surface area contributed by atoms with Crippen LogP contribution in [0.25, 0.3) is 0 Å². The zero-order valence-electron chi connectivity index (χ0n) is 13.2. The van der Waals surface area contributed by atoms with Crippen LogP contribution in [-0.4, -0.2) is 22.5 Å². The van der Waals surface area contributed by atoms with E-state index in [1.54, 1.807) is 7.11 Å². The molecule has 1 aromatic heterocycles. The van der Waals surface area contributed by atoms with Gasteiger partial charge in [0.05, 0.1) is 24.7 Å². The van der Waals surface area contributed by atoms with E-state index in [4.69, 9.17) is 9.84 Å². The molecule has 1 aliphatic rings. The molecule has 0 saturated heterocycles. The van der Waals surface area contributed by atoms with E-state index >= 15 is 0 Å². The van der Waals surface area contributed by atoms with Gasteiger partial charge in [-0.2, -0.15) is 5.10 Å². The van der Waals surface area contributed by atoms with Crippen LogP contribution in [0.4, 0.5) is 0 Å². The van der Waals surface area contributed by atoms with Crippen LogP contribution in [0.5, 0.6) is 5.75 Å². The van der Waals surface area contributed by atoms with Crippen molar-refractivity contribution in [3.8, 4) is 5.75 Å². The molecule has 0 radical (unpaired) electrons. The summed E-state index contributed by atoms with van der Waals surface area (Å²) in [5, 5.41) is 4.86. The lowest BCUT2D eigenvalue weighted by Gasteiger charge is -2.11. The first kappa shape index (κ1) is 13.8. The maximum absolute atomic E-state index is 5.41. The van der Waals surface area contributed by atoms with Gasteiger partial charge in [-0.25, -0.2) is 9.66 Å². The zero-order chi connectivity index (χ0) is 15.8. The highest BCUT2D eigenvalue weighted by molar-refractivity contribution is 6.14. The maximum atomic E-state index is 5.41. The first-order valence-electron chi connectivity index (χ1n) is 7.61. The number of rotatable bonds is 2. The Balaban J connectivity index is 1.98. The molecule has 3 aromatic rings. The Bertz CT molecular complexity index is 894. The molecule has 0 unspecified atom stereocenters. The summed E-state index contributed by atoms with van der Waals surface area (Å²) in [6.07, 6.45) is 2.73. The Morgan fingerprint density at radius 1 is 1.09 bits per heavy atom. The van der Waals surface area contributed by atoms with Gasteiger partial charge < -0.3 is 4.74 Å². The second-order valence-electron chi connectivity index (χ2n) is 5.66. The molecule has 0 amide bonds. The second-order valence-corrected chi connectivity index (χ2v) is 5.66. The van der Waals surface area contributed by atoms with Gasteiger partial charge in [-0.3, -0.25) is 0 Å². The van der Waals surface area contributed by atoms with Gasteiger partial charge >= 0.3 is 0 Å². The monoisotopic (exact) mass is 303 g/mol. The van der Waals surface area contributed by atoms with Gasteiger partial charge in [-0.15, -0.1) is 0 Å². The topological polar surface area (TPSA) is 39.4 Å². The first-order chi connectivity index (χ1) is 11.2. The number of aryl methyl sites for hydroxylation is 1. The predicted octanol–water partition coefficient (Wildman–Crippen LogP) is 3.41. The summed E-state index contributed by atoms with van der Waals surface area (Å²) in [7, 11) is 1.69. The average molecular weight is 303 g/mol. The number of benzene rings is 2. The van der Waals surface area contributed by atoms with Gasteiger partial charge in [-0.05, 0) is 24.6 Å². The average Bonchev–Trinajstić information content (AvgIpc) is 2.85. The van der Waals surface area contributed by atoms with Gasteiger partial charge in [0.25, 0.3) is 0 Å². The molecule has 0 bridgehead atoms. The minimum atomic E-state index is 0.757. The molecular weight excluding hydrogens is 286 g/mol. The van der Waals surface area contributed by atoms with Crippen molar-refractivity contribution in [1.29, 1.82) is 0 Å². The van der Waals surface area contributed by atoms with Crippen molar-refractivity contribution in [2.45, 2.75) is 13.3 Å². The quantitative estimate of drug-likeness (QED) is 0.569. The normalized spacial score (nSPS) is 12.9. The number of fused-ring (bicyclic) bond motifs is 2. The first-order valence-corrected chi connectivity index (χ1v) is 7.61. The number of ether oxygens (including phenoxy) is 1. The van der Waals surface area contributed by atoms with Crippen LogP contribution in [0.3, 0.4) is 0 Å². The van der Waals surface area contributed by atoms with E-state index in [1.165, 1.54) is 5.56 Å². The van der Waals surface area contributed by atoms with Crippen molar-refractivity contribution in [3.63, 3.8) is 0 Å². The fourth-order valence-corrected chi connectivity index (χ4v) is 2.94. The van der Waals surface area contributed by atoms with Crippen LogP contribution in [0, 0.1) is 6.92 Å². The smallest absolute Gasteiger partial charge is 0.134 e. The molecule has 2 heterocycles. The summed E-state index contributed by atoms with van der Waals surface area (Å²) in [5.41, 5.74) is 5.31. The molecule has 0 spiro atoms. The molecule has 23 heavy (non-hydrogen) atoms. The van der Waals surface area contributed by atoms with Crippen molar-refractivity contribution in [2.75, 3.05) is 7.11 Å². The molecule has 2 aromatic carbocycles. The maximum Gasteiger partial charge on any atom is 0.134 e. The third-order valence-corrected chi connectivity index (χ3v) is 4.05. The van der Waals surface area contributed by atoms with E-state index in [1.807, 2.05) is 42.1 Å². The highest BCUT2D eigenvalue weighted by Gasteiger charge is 2.20. The fourth-order valence-electron chi connectivity index (χ4n) is 2.94. The number of imidazole rings is 1. The number of hydrogen-bond acceptors (Lipinski definition) is 3. The number of hydrogen-bond donors (Lipinski definition) is 0. The van der Waals surface area contributed by atoms with Crippen LogP contribution >= 0.6 is 0 Å². The largest absolute Gasteiger partial charge is 0.497 e. The summed E-state index contributed by atoms with van der Waals surface area (Å²) in [6, 6.07) is 16.4. The molecule has 1 aliphatic heterocycles. The Labute approximate surface area is 135 Å². The molecule has 0 N–H and O–H groups in total. The summed E-state index contributed by atoms with van der Waals surface area (Å²) in [4.78, 5) is 4.61. The zero-order valence-corrected chi connectivity index (χ0v) is 13.2. The van der Waals surface area contributed by atoms with Gasteiger partial charge in [0.15, 0.2) is 0 Å². The second kappa shape index (κ2) is 5.39. The summed E-state index contributed by atoms with van der Waals surface area (Å²) in [6.45, 7) is 1.99. The lowest BCUT2D eigenvalue weighted by atomic mass is 9.96. The summed E-state index contributed by atoms with van der Waals surface area (Å²) in [5.74, 6) is 1.79. The number of nitrogens with zero attached hydrogens (tertiary/aromatic N) is 3. The molecule has 4 heteroatoms. The standard InChI is InChI=1S/C19H17N3O/c1-13-12-22-18(20-13)10-15-8-9-16(23-2)11-17(15)19(21-22)14-6-4-3-5-7-14/h3-9,11-12H,10H2,1-2H3. The van der Waals surface area contributed by atoms with Gasteiger partial charge in [-0.1, -0.05) is 36.4 Å². The summed E-state index contributed by atoms with van der Waals surface area (Å²) < 4.78 is 7.30. The Morgan fingerprint density at radius 3 is 2.70 bits per heavy atom. The van der Waals surface area contributed by atoms with E-state index in [2.05, 4.69) is 29.2 Å². The molecule has 0 atom stereocenters. The van der Waals surface area contributed by atoms with Gasteiger partial charge in [0.2, 0.25) is 0 Å². The molecule has 0 saturated carbocycles. The minimum Gasteiger partial charge on any atom is -0.497 e. The van der Waals surface area contributed by atoms with Gasteiger partial charge in [0.1, 0.15) is 11.6 Å². The van der Waals surface area contributed by atoms with E-state index in [0.29, 0.717) is 0 Å². The highest BCUT2D eigenvalue weighted by atomic mass is 16.5. The van der Waals surface area contributed by atoms with Crippen molar-refractivity contribution in [2.24, 2.45) is 5.10 Å². The van der Waals surface area contributed by atoms with E-state index in [0.717, 1.165) is 40.5 Å². The Kier molecular flexibility index (Phi) is 3.23. The molecule has 0 aliphatic carbocycles. The number of methoxy groups -OCH3 is 1. The molecule has 0 fully saturated rings. The van der Waals surface area contributed by atoms with Crippen LogP contribution in [0.2, 0.25) is 0 Å². The lowest BCUT2D eigenvalue weighted by molar-refractivity contribution is 0.414. The molecular formula is C19H17N3O. The highest BCUT2D eigenvalue weighted by Crippen LogP contribution is 2.26. The van der Waals surface area contributed by atoms with E-state index in [-0.39, 0.29) is 0 Å². The SMILES string of the molecule is COc1ccc2c(c1)C(c1ccccc1)=Nn1cc(C)nc1C2. The van der Waals surface area contributed by atoms with Crippen LogP contribution in [-0.2, 0) is 6.42 Å². The molecule has 114 valence electrons. The van der Waals surface area contributed by atoms with Crippen LogP contribution < -0.4 is 4.74 Å². The third-order valence-electron chi connectivity index (χ3n) is 4.05. The lowest BCUT2D eigenvalue weighted by Crippen LogP contribution is -2.07. The Morgan fingerprint density at radius 2 is 1.91 bits per heavy atom. The number of aromatic nitrogens is 2. The van der Waals surface area contributed by atoms with E-state index < -0.39 is 0 Å². The van der Waals surface area contributed by atoms with Crippen molar-refractivity contribution in [3.05, 3.63) is 82.9 Å². The molecule has 4 nitrogen and oxygen atoms in total. The summed E-state index contributed by atoms with van der Waals surface area (Å²) >= 11 is 0. The Hall–Kier alpha value is -2.88. The predicted molar refractivity (Wildman–Crippen MR) is 90.2 cm³/mol. The molecule has 4 rings (SSSR count). The minimum absolute atomic E-state index is 0.757. The van der Waals surface area contributed by atoms with Gasteiger partial charge in [0, 0.05) is 17.5 Å². The third kappa shape index (κ3) is 2.42. The van der Waals surface area contributed by atoms with Crippen molar-refractivity contribution >= 4 is 5.71 Å². The fraction of sp³-hybridized carbons (Fsp3) is 0.158. The van der Waals surface area contributed by atoms with E-state index in [9.17, 15) is 0 Å². The van der Waals surface area contributed by atoms with Crippen LogP contribution in [0.1, 0.15) is 28.2 Å².